The topological polar surface area (TPSA) is 89.8 Å². The maximum absolute atomic E-state index is 12.3. The first-order valence-electron chi connectivity index (χ1n) is 16.3. The van der Waals surface area contributed by atoms with Crippen LogP contribution in [0.15, 0.2) is 0 Å². The SMILES string of the molecule is CCCCCCCCCCCCCCCC(O)C(=O)NC(CO)C(O)CCCCCCCCCCCC. The van der Waals surface area contributed by atoms with Gasteiger partial charge in [-0.3, -0.25) is 4.79 Å². The van der Waals surface area contributed by atoms with Crippen molar-refractivity contribution in [2.45, 2.75) is 193 Å². The van der Waals surface area contributed by atoms with Crippen LogP contribution in [-0.4, -0.2) is 46.1 Å². The highest BCUT2D eigenvalue weighted by Gasteiger charge is 2.23. The number of aliphatic hydroxyl groups excluding tert-OH is 3. The molecule has 0 aromatic heterocycles. The number of carbonyl (C=O) groups is 1. The summed E-state index contributed by atoms with van der Waals surface area (Å²) in [5.74, 6) is -0.472. The van der Waals surface area contributed by atoms with Gasteiger partial charge in [-0.2, -0.15) is 0 Å². The van der Waals surface area contributed by atoms with Gasteiger partial charge >= 0.3 is 0 Å². The fraction of sp³-hybridized carbons (Fsp3) is 0.969. The van der Waals surface area contributed by atoms with E-state index in [1.807, 2.05) is 0 Å². The van der Waals surface area contributed by atoms with Crippen LogP contribution in [-0.2, 0) is 4.79 Å². The molecule has 37 heavy (non-hydrogen) atoms. The quantitative estimate of drug-likeness (QED) is 0.0742. The minimum Gasteiger partial charge on any atom is -0.394 e. The van der Waals surface area contributed by atoms with Gasteiger partial charge in [0, 0.05) is 0 Å². The molecular weight excluding hydrogens is 462 g/mol. The van der Waals surface area contributed by atoms with Crippen molar-refractivity contribution in [1.82, 2.24) is 5.32 Å². The van der Waals surface area contributed by atoms with E-state index in [1.54, 1.807) is 0 Å². The Bertz CT molecular complexity index is 474. The zero-order chi connectivity index (χ0) is 27.4. The molecule has 0 saturated heterocycles. The van der Waals surface area contributed by atoms with Crippen molar-refractivity contribution in [3.05, 3.63) is 0 Å². The predicted molar refractivity (Wildman–Crippen MR) is 158 cm³/mol. The summed E-state index contributed by atoms with van der Waals surface area (Å²) in [5, 5.41) is 32.9. The maximum atomic E-state index is 12.3. The highest BCUT2D eigenvalue weighted by atomic mass is 16.3. The normalized spacial score (nSPS) is 14.0. The van der Waals surface area contributed by atoms with Crippen LogP contribution in [0.25, 0.3) is 0 Å². The summed E-state index contributed by atoms with van der Waals surface area (Å²) in [6.45, 7) is 4.19. The molecule has 0 radical (unpaired) electrons. The zero-order valence-corrected chi connectivity index (χ0v) is 24.9. The molecule has 0 aliphatic rings. The lowest BCUT2D eigenvalue weighted by Gasteiger charge is -2.23. The third kappa shape index (κ3) is 24.1. The van der Waals surface area contributed by atoms with E-state index in [9.17, 15) is 20.1 Å². The van der Waals surface area contributed by atoms with Crippen molar-refractivity contribution in [3.8, 4) is 0 Å². The van der Waals surface area contributed by atoms with Gasteiger partial charge in [0.1, 0.15) is 6.10 Å². The summed E-state index contributed by atoms with van der Waals surface area (Å²) in [4.78, 5) is 12.3. The lowest BCUT2D eigenvalue weighted by molar-refractivity contribution is -0.131. The second-order valence-electron chi connectivity index (χ2n) is 11.4. The van der Waals surface area contributed by atoms with Gasteiger partial charge < -0.3 is 20.6 Å². The van der Waals surface area contributed by atoms with E-state index >= 15 is 0 Å². The van der Waals surface area contributed by atoms with Crippen molar-refractivity contribution in [2.75, 3.05) is 6.61 Å². The lowest BCUT2D eigenvalue weighted by atomic mass is 10.0. The molecule has 0 aliphatic heterocycles. The maximum Gasteiger partial charge on any atom is 0.249 e. The van der Waals surface area contributed by atoms with Gasteiger partial charge in [0.2, 0.25) is 5.91 Å². The van der Waals surface area contributed by atoms with E-state index in [1.165, 1.54) is 116 Å². The molecule has 0 aromatic carbocycles. The molecule has 3 unspecified atom stereocenters. The second kappa shape index (κ2) is 28.4. The van der Waals surface area contributed by atoms with Crippen LogP contribution in [0.4, 0.5) is 0 Å². The van der Waals surface area contributed by atoms with Gasteiger partial charge in [0.25, 0.3) is 0 Å². The smallest absolute Gasteiger partial charge is 0.249 e. The number of carbonyl (C=O) groups excluding carboxylic acids is 1. The van der Waals surface area contributed by atoms with Crippen molar-refractivity contribution in [2.24, 2.45) is 0 Å². The van der Waals surface area contributed by atoms with Crippen molar-refractivity contribution in [1.29, 1.82) is 0 Å². The summed E-state index contributed by atoms with van der Waals surface area (Å²) in [7, 11) is 0. The predicted octanol–water partition coefficient (Wildman–Crippen LogP) is 7.98. The van der Waals surface area contributed by atoms with E-state index in [4.69, 9.17) is 0 Å². The van der Waals surface area contributed by atoms with E-state index in [0.29, 0.717) is 12.8 Å². The molecule has 0 saturated carbocycles. The Kier molecular flexibility index (Phi) is 27.9. The minimum absolute atomic E-state index is 0.309. The van der Waals surface area contributed by atoms with E-state index in [-0.39, 0.29) is 6.61 Å². The molecule has 222 valence electrons. The molecule has 0 spiro atoms. The van der Waals surface area contributed by atoms with Gasteiger partial charge in [-0.15, -0.1) is 0 Å². The Balaban J connectivity index is 3.71. The average molecular weight is 528 g/mol. The fourth-order valence-corrected chi connectivity index (χ4v) is 5.07. The molecule has 5 nitrogen and oxygen atoms in total. The third-order valence-corrected chi connectivity index (χ3v) is 7.73. The molecule has 0 aromatic rings. The van der Waals surface area contributed by atoms with Gasteiger partial charge in [0.15, 0.2) is 0 Å². The van der Waals surface area contributed by atoms with Gasteiger partial charge in [-0.25, -0.2) is 0 Å². The van der Waals surface area contributed by atoms with Crippen LogP contribution in [0.3, 0.4) is 0 Å². The number of aliphatic hydroxyl groups is 3. The largest absolute Gasteiger partial charge is 0.394 e. The van der Waals surface area contributed by atoms with Crippen molar-refractivity contribution < 1.29 is 20.1 Å². The molecular formula is C32H65NO4. The van der Waals surface area contributed by atoms with Crippen LogP contribution in [0.5, 0.6) is 0 Å². The van der Waals surface area contributed by atoms with E-state index in [2.05, 4.69) is 19.2 Å². The molecule has 1 amide bonds. The number of hydrogen-bond acceptors (Lipinski definition) is 4. The molecule has 0 fully saturated rings. The monoisotopic (exact) mass is 527 g/mol. The average Bonchev–Trinajstić information content (AvgIpc) is 2.90. The molecule has 0 aliphatic carbocycles. The molecule has 0 bridgehead atoms. The first kappa shape index (κ1) is 36.4. The van der Waals surface area contributed by atoms with Gasteiger partial charge in [0.05, 0.1) is 18.8 Å². The van der Waals surface area contributed by atoms with Crippen LogP contribution in [0, 0.1) is 0 Å². The van der Waals surface area contributed by atoms with Crippen LogP contribution in [0.2, 0.25) is 0 Å². The van der Waals surface area contributed by atoms with Crippen molar-refractivity contribution >= 4 is 5.91 Å². The van der Waals surface area contributed by atoms with Crippen LogP contribution < -0.4 is 5.32 Å². The summed E-state index contributed by atoms with van der Waals surface area (Å²) in [5.41, 5.74) is 0. The Morgan fingerprint density at radius 2 is 0.865 bits per heavy atom. The van der Waals surface area contributed by atoms with Crippen molar-refractivity contribution in [3.63, 3.8) is 0 Å². The molecule has 3 atom stereocenters. The number of nitrogens with one attached hydrogen (secondary N) is 1. The number of unbranched alkanes of at least 4 members (excludes halogenated alkanes) is 21. The second-order valence-corrected chi connectivity index (χ2v) is 11.4. The Morgan fingerprint density at radius 1 is 0.541 bits per heavy atom. The first-order chi connectivity index (χ1) is 18.1. The molecule has 4 N–H and O–H groups in total. The number of hydrogen-bond donors (Lipinski definition) is 4. The highest BCUT2D eigenvalue weighted by molar-refractivity contribution is 5.80. The van der Waals surface area contributed by atoms with Crippen LogP contribution >= 0.6 is 0 Å². The lowest BCUT2D eigenvalue weighted by Crippen LogP contribution is -2.49. The summed E-state index contributed by atoms with van der Waals surface area (Å²) < 4.78 is 0. The fourth-order valence-electron chi connectivity index (χ4n) is 5.07. The number of amides is 1. The third-order valence-electron chi connectivity index (χ3n) is 7.73. The molecule has 0 rings (SSSR count). The number of rotatable bonds is 29. The molecule has 0 heterocycles. The molecule has 5 heteroatoms. The van der Waals surface area contributed by atoms with Gasteiger partial charge in [-0.1, -0.05) is 162 Å². The van der Waals surface area contributed by atoms with Crippen LogP contribution in [0.1, 0.15) is 174 Å². The Hall–Kier alpha value is -0.650. The first-order valence-corrected chi connectivity index (χ1v) is 16.3. The standard InChI is InChI=1S/C32H65NO4/c1-3-5-7-9-11-13-15-16-17-19-21-23-25-27-31(36)32(37)33-29(28-34)30(35)26-24-22-20-18-14-12-10-8-6-4-2/h29-31,34-36H,3-28H2,1-2H3,(H,33,37). The Labute approximate surface area is 230 Å². The summed E-state index contributed by atoms with van der Waals surface area (Å²) in [6.07, 6.45) is 27.9. The highest BCUT2D eigenvalue weighted by Crippen LogP contribution is 2.15. The summed E-state index contributed by atoms with van der Waals surface area (Å²) in [6, 6.07) is -0.702. The van der Waals surface area contributed by atoms with E-state index < -0.39 is 24.2 Å². The Morgan fingerprint density at radius 3 is 1.22 bits per heavy atom. The zero-order valence-electron chi connectivity index (χ0n) is 24.9. The van der Waals surface area contributed by atoms with Gasteiger partial charge in [-0.05, 0) is 12.8 Å². The summed E-state index contributed by atoms with van der Waals surface area (Å²) >= 11 is 0. The van der Waals surface area contributed by atoms with E-state index in [0.717, 1.165) is 32.1 Å². The minimum atomic E-state index is -1.06.